The molecule has 0 unspecified atom stereocenters. The second-order valence-electron chi connectivity index (χ2n) is 6.39. The number of amides is 1. The van der Waals surface area contributed by atoms with Crippen LogP contribution in [0.2, 0.25) is 0 Å². The molecular weight excluding hydrogens is 328 g/mol. The molecule has 0 saturated heterocycles. The number of hydrogen-bond donors (Lipinski definition) is 3. The van der Waals surface area contributed by atoms with Crippen molar-refractivity contribution in [3.8, 4) is 5.75 Å². The lowest BCUT2D eigenvalue weighted by Gasteiger charge is -2.19. The molecule has 0 spiro atoms. The minimum atomic E-state index is -0.172. The summed E-state index contributed by atoms with van der Waals surface area (Å²) in [6, 6.07) is 15.5. The molecule has 0 fully saturated rings. The number of nitrogens with one attached hydrogen (secondary N) is 2. The SMILES string of the molecule is COc1ccc(/C=N\NC(=O)[C@@H]2Cc3c([nH]c4ccccc34)C[NH2+]2)cc1. The fourth-order valence-corrected chi connectivity index (χ4v) is 3.37. The van der Waals surface area contributed by atoms with Crippen molar-refractivity contribution in [2.75, 3.05) is 7.11 Å². The lowest BCUT2D eigenvalue weighted by atomic mass is 9.98. The molecule has 0 saturated carbocycles. The molecule has 3 aromatic rings. The predicted octanol–water partition coefficient (Wildman–Crippen LogP) is 1.31. The number of nitrogens with zero attached hydrogens (tertiary/aromatic N) is 1. The number of rotatable bonds is 4. The second-order valence-corrected chi connectivity index (χ2v) is 6.39. The first-order valence-electron chi connectivity index (χ1n) is 8.63. The van der Waals surface area contributed by atoms with Gasteiger partial charge in [-0.3, -0.25) is 4.79 Å². The number of nitrogens with two attached hydrogens (primary N) is 1. The Balaban J connectivity index is 1.41. The molecule has 4 N–H and O–H groups in total. The Hall–Kier alpha value is -3.12. The van der Waals surface area contributed by atoms with Gasteiger partial charge in [0.1, 0.15) is 12.3 Å². The summed E-state index contributed by atoms with van der Waals surface area (Å²) in [6.07, 6.45) is 2.33. The molecule has 0 bridgehead atoms. The Morgan fingerprint density at radius 2 is 2.08 bits per heavy atom. The molecule has 132 valence electrons. The first-order chi connectivity index (χ1) is 12.7. The van der Waals surface area contributed by atoms with Crippen molar-refractivity contribution in [1.29, 1.82) is 0 Å². The molecule has 0 aliphatic carbocycles. The largest absolute Gasteiger partial charge is 0.497 e. The molecule has 0 radical (unpaired) electrons. The van der Waals surface area contributed by atoms with Crippen molar-refractivity contribution in [1.82, 2.24) is 10.4 Å². The second kappa shape index (κ2) is 7.01. The standard InChI is InChI=1S/C20H20N4O2/c1-26-14-8-6-13(7-9-14)11-22-24-20(25)18-10-16-15-4-2-3-5-17(15)23-19(16)12-21-18/h2-9,11,18,21,23H,10,12H2,1H3,(H,24,25)/p+1/b22-11-/t18-/m0/s1. The van der Waals surface area contributed by atoms with Gasteiger partial charge < -0.3 is 15.0 Å². The molecule has 1 aliphatic rings. The van der Waals surface area contributed by atoms with E-state index in [0.717, 1.165) is 23.4 Å². The Bertz CT molecular complexity index is 960. The van der Waals surface area contributed by atoms with Gasteiger partial charge in [0.05, 0.1) is 19.0 Å². The number of ether oxygens (including phenoxy) is 1. The highest BCUT2D eigenvalue weighted by molar-refractivity contribution is 5.88. The van der Waals surface area contributed by atoms with Gasteiger partial charge in [-0.05, 0) is 41.5 Å². The average Bonchev–Trinajstić information content (AvgIpc) is 3.06. The molecule has 6 nitrogen and oxygen atoms in total. The van der Waals surface area contributed by atoms with Gasteiger partial charge in [-0.1, -0.05) is 18.2 Å². The highest BCUT2D eigenvalue weighted by Crippen LogP contribution is 2.24. The molecule has 4 rings (SSSR count). The average molecular weight is 349 g/mol. The van der Waals surface area contributed by atoms with Gasteiger partial charge in [-0.2, -0.15) is 5.10 Å². The van der Waals surface area contributed by atoms with Crippen molar-refractivity contribution in [3.05, 3.63) is 65.4 Å². The summed E-state index contributed by atoms with van der Waals surface area (Å²) in [5.41, 5.74) is 7.13. The quantitative estimate of drug-likeness (QED) is 0.490. The topological polar surface area (TPSA) is 83.1 Å². The zero-order chi connectivity index (χ0) is 17.9. The van der Waals surface area contributed by atoms with Gasteiger partial charge in [0.25, 0.3) is 5.91 Å². The van der Waals surface area contributed by atoms with E-state index in [1.165, 1.54) is 16.6 Å². The van der Waals surface area contributed by atoms with Crippen LogP contribution in [-0.2, 0) is 17.8 Å². The maximum atomic E-state index is 12.5. The van der Waals surface area contributed by atoms with Crippen LogP contribution in [0.5, 0.6) is 5.75 Å². The lowest BCUT2D eigenvalue weighted by molar-refractivity contribution is -0.695. The van der Waals surface area contributed by atoms with Crippen molar-refractivity contribution in [2.45, 2.75) is 19.0 Å². The van der Waals surface area contributed by atoms with Crippen LogP contribution in [0, 0.1) is 0 Å². The number of methoxy groups -OCH3 is 1. The number of aromatic amines is 1. The molecule has 2 heterocycles. The minimum absolute atomic E-state index is 0.0781. The van der Waals surface area contributed by atoms with Gasteiger partial charge >= 0.3 is 0 Å². The molecule has 1 aromatic heterocycles. The number of hydrazone groups is 1. The van der Waals surface area contributed by atoms with E-state index in [-0.39, 0.29) is 11.9 Å². The first-order valence-corrected chi connectivity index (χ1v) is 8.63. The molecule has 1 atom stereocenters. The summed E-state index contributed by atoms with van der Waals surface area (Å²) in [5, 5.41) is 7.34. The van der Waals surface area contributed by atoms with Crippen LogP contribution in [-0.4, -0.2) is 30.3 Å². The number of quaternary nitrogens is 1. The third-order valence-corrected chi connectivity index (χ3v) is 4.77. The van der Waals surface area contributed by atoms with Crippen molar-refractivity contribution >= 4 is 23.0 Å². The number of benzene rings is 2. The third kappa shape index (κ3) is 3.19. The van der Waals surface area contributed by atoms with Gasteiger partial charge in [-0.25, -0.2) is 5.43 Å². The maximum Gasteiger partial charge on any atom is 0.298 e. The van der Waals surface area contributed by atoms with Crippen molar-refractivity contribution < 1.29 is 14.8 Å². The number of carbonyl (C=O) groups is 1. The fraction of sp³-hybridized carbons (Fsp3) is 0.200. The van der Waals surface area contributed by atoms with E-state index in [1.807, 2.05) is 36.4 Å². The minimum Gasteiger partial charge on any atom is -0.497 e. The molecular formula is C20H21N4O2+. The van der Waals surface area contributed by atoms with Gasteiger partial charge in [0.2, 0.25) is 0 Å². The van der Waals surface area contributed by atoms with Crippen LogP contribution in [0.3, 0.4) is 0 Å². The van der Waals surface area contributed by atoms with E-state index < -0.39 is 0 Å². The fourth-order valence-electron chi connectivity index (χ4n) is 3.37. The normalized spacial score (nSPS) is 16.6. The molecule has 6 heteroatoms. The van der Waals surface area contributed by atoms with Crippen molar-refractivity contribution in [3.63, 3.8) is 0 Å². The van der Waals surface area contributed by atoms with Crippen LogP contribution in [0.15, 0.2) is 53.6 Å². The number of fused-ring (bicyclic) bond motifs is 3. The Morgan fingerprint density at radius 1 is 1.27 bits per heavy atom. The monoisotopic (exact) mass is 349 g/mol. The zero-order valence-electron chi connectivity index (χ0n) is 14.5. The molecule has 26 heavy (non-hydrogen) atoms. The third-order valence-electron chi connectivity index (χ3n) is 4.77. The van der Waals surface area contributed by atoms with Crippen LogP contribution in [0.4, 0.5) is 0 Å². The number of H-pyrrole nitrogens is 1. The highest BCUT2D eigenvalue weighted by Gasteiger charge is 2.30. The maximum absolute atomic E-state index is 12.5. The van der Waals surface area contributed by atoms with Gasteiger partial charge in [0.15, 0.2) is 6.04 Å². The summed E-state index contributed by atoms with van der Waals surface area (Å²) < 4.78 is 5.12. The predicted molar refractivity (Wildman–Crippen MR) is 100 cm³/mol. The number of aromatic nitrogens is 1. The lowest BCUT2D eigenvalue weighted by Crippen LogP contribution is -2.93. The van der Waals surface area contributed by atoms with E-state index >= 15 is 0 Å². The molecule has 1 amide bonds. The van der Waals surface area contributed by atoms with E-state index in [2.05, 4.69) is 33.0 Å². The van der Waals surface area contributed by atoms with Crippen LogP contribution in [0.25, 0.3) is 10.9 Å². The van der Waals surface area contributed by atoms with E-state index in [4.69, 9.17) is 4.74 Å². The zero-order valence-corrected chi connectivity index (χ0v) is 14.5. The Kier molecular flexibility index (Phi) is 4.41. The van der Waals surface area contributed by atoms with Gasteiger partial charge in [0, 0.05) is 17.3 Å². The van der Waals surface area contributed by atoms with E-state index in [0.29, 0.717) is 6.42 Å². The van der Waals surface area contributed by atoms with Crippen LogP contribution >= 0.6 is 0 Å². The van der Waals surface area contributed by atoms with E-state index in [1.54, 1.807) is 13.3 Å². The highest BCUT2D eigenvalue weighted by atomic mass is 16.5. The smallest absolute Gasteiger partial charge is 0.298 e. The summed E-state index contributed by atoms with van der Waals surface area (Å²) in [4.78, 5) is 15.9. The number of hydrogen-bond acceptors (Lipinski definition) is 3. The molecule has 1 aliphatic heterocycles. The van der Waals surface area contributed by atoms with Crippen molar-refractivity contribution in [2.24, 2.45) is 5.10 Å². The Labute approximate surface area is 151 Å². The molecule has 2 aromatic carbocycles. The number of para-hydroxylation sites is 1. The van der Waals surface area contributed by atoms with Crippen LogP contribution < -0.4 is 15.5 Å². The van der Waals surface area contributed by atoms with E-state index in [9.17, 15) is 4.79 Å². The van der Waals surface area contributed by atoms with Crippen LogP contribution in [0.1, 0.15) is 16.8 Å². The first kappa shape index (κ1) is 16.4. The summed E-state index contributed by atoms with van der Waals surface area (Å²) in [6.45, 7) is 0.768. The summed E-state index contributed by atoms with van der Waals surface area (Å²) in [7, 11) is 1.63. The Morgan fingerprint density at radius 3 is 2.88 bits per heavy atom. The summed E-state index contributed by atoms with van der Waals surface area (Å²) in [5.74, 6) is 0.711. The summed E-state index contributed by atoms with van der Waals surface area (Å²) >= 11 is 0. The van der Waals surface area contributed by atoms with Gasteiger partial charge in [-0.15, -0.1) is 0 Å². The number of carbonyl (C=O) groups excluding carboxylic acids is 1.